The van der Waals surface area contributed by atoms with Crippen LogP contribution >= 0.6 is 11.8 Å². The number of anilines is 1. The summed E-state index contributed by atoms with van der Waals surface area (Å²) in [6, 6.07) is 18.0. The maximum absolute atomic E-state index is 13.1. The molecule has 5 nitrogen and oxygen atoms in total. The van der Waals surface area contributed by atoms with Gasteiger partial charge in [-0.1, -0.05) is 54.2 Å². The van der Waals surface area contributed by atoms with Gasteiger partial charge in [-0.05, 0) is 35.0 Å². The molecule has 158 valence electrons. The van der Waals surface area contributed by atoms with Gasteiger partial charge in [0.25, 0.3) is 0 Å². The summed E-state index contributed by atoms with van der Waals surface area (Å²) < 4.78 is 39.4. The van der Waals surface area contributed by atoms with Crippen molar-refractivity contribution in [3.05, 3.63) is 72.3 Å². The average Bonchev–Trinajstić information content (AvgIpc) is 3.06. The third-order valence-electron chi connectivity index (χ3n) is 4.61. The van der Waals surface area contributed by atoms with Gasteiger partial charge in [-0.2, -0.15) is 13.2 Å². The zero-order valence-electron chi connectivity index (χ0n) is 15.9. The van der Waals surface area contributed by atoms with Crippen molar-refractivity contribution in [1.82, 2.24) is 5.32 Å². The van der Waals surface area contributed by atoms with E-state index in [1.54, 1.807) is 6.07 Å². The number of aliphatic imine (C=N–C) groups is 1. The van der Waals surface area contributed by atoms with Gasteiger partial charge in [0.1, 0.15) is 5.25 Å². The fraction of sp³-hybridized carbons (Fsp3) is 0.136. The van der Waals surface area contributed by atoms with Crippen molar-refractivity contribution in [1.29, 1.82) is 0 Å². The quantitative estimate of drug-likeness (QED) is 0.589. The number of hydrogen-bond acceptors (Lipinski definition) is 4. The molecule has 4 rings (SSSR count). The highest BCUT2D eigenvalue weighted by Gasteiger charge is 2.35. The van der Waals surface area contributed by atoms with Crippen LogP contribution in [0.25, 0.3) is 10.8 Å². The molecule has 0 radical (unpaired) electrons. The zero-order valence-corrected chi connectivity index (χ0v) is 16.8. The molecule has 1 fully saturated rings. The number of nitrogens with one attached hydrogen (secondary N) is 2. The first-order valence-electron chi connectivity index (χ1n) is 9.31. The van der Waals surface area contributed by atoms with Crippen LogP contribution in [0, 0.1) is 0 Å². The lowest BCUT2D eigenvalue weighted by atomic mass is 10.1. The summed E-state index contributed by atoms with van der Waals surface area (Å²) in [5, 5.41) is 6.46. The predicted molar refractivity (Wildman–Crippen MR) is 115 cm³/mol. The van der Waals surface area contributed by atoms with Gasteiger partial charge >= 0.3 is 6.18 Å². The molecule has 0 aromatic heterocycles. The molecule has 9 heteroatoms. The number of hydrogen-bond donors (Lipinski definition) is 2. The molecule has 2 amide bonds. The molecule has 1 saturated heterocycles. The number of para-hydroxylation sites is 1. The van der Waals surface area contributed by atoms with Crippen LogP contribution in [0.15, 0.2) is 71.7 Å². The van der Waals surface area contributed by atoms with E-state index in [9.17, 15) is 22.8 Å². The molecular weight excluding hydrogens is 427 g/mol. The molecule has 3 aromatic rings. The third kappa shape index (κ3) is 4.88. The normalized spacial score (nSPS) is 17.7. The van der Waals surface area contributed by atoms with Crippen LogP contribution < -0.4 is 10.6 Å². The molecule has 0 saturated carbocycles. The van der Waals surface area contributed by atoms with Crippen LogP contribution in [0.2, 0.25) is 0 Å². The number of benzene rings is 3. The Bertz CT molecular complexity index is 1190. The minimum Gasteiger partial charge on any atom is -0.326 e. The summed E-state index contributed by atoms with van der Waals surface area (Å²) in [5.74, 6) is -0.846. The number of amides is 2. The Kier molecular flexibility index (Phi) is 5.69. The van der Waals surface area contributed by atoms with Gasteiger partial charge in [0, 0.05) is 12.1 Å². The van der Waals surface area contributed by atoms with E-state index in [0.717, 1.165) is 28.6 Å². The first-order valence-corrected chi connectivity index (χ1v) is 10.2. The van der Waals surface area contributed by atoms with Crippen LogP contribution in [0.4, 0.5) is 24.5 Å². The molecule has 0 spiro atoms. The number of carbonyl (C=O) groups excluding carboxylic acids is 2. The number of carbonyl (C=O) groups is 2. The number of alkyl halides is 3. The lowest BCUT2D eigenvalue weighted by Crippen LogP contribution is -2.28. The van der Waals surface area contributed by atoms with Crippen LogP contribution in [0.5, 0.6) is 0 Å². The van der Waals surface area contributed by atoms with E-state index in [1.807, 2.05) is 36.4 Å². The van der Waals surface area contributed by atoms with E-state index in [2.05, 4.69) is 15.6 Å². The van der Waals surface area contributed by atoms with Crippen LogP contribution in [-0.2, 0) is 15.8 Å². The lowest BCUT2D eigenvalue weighted by Gasteiger charge is -2.09. The average molecular weight is 443 g/mol. The van der Waals surface area contributed by atoms with Gasteiger partial charge in [0.2, 0.25) is 11.8 Å². The Balaban J connectivity index is 1.44. The minimum atomic E-state index is -4.56. The summed E-state index contributed by atoms with van der Waals surface area (Å²) in [6.07, 6.45) is -4.70. The molecule has 1 atom stereocenters. The van der Waals surface area contributed by atoms with E-state index in [4.69, 9.17) is 0 Å². The highest BCUT2D eigenvalue weighted by Crippen LogP contribution is 2.37. The van der Waals surface area contributed by atoms with E-state index < -0.39 is 22.9 Å². The van der Waals surface area contributed by atoms with E-state index in [0.29, 0.717) is 5.69 Å². The van der Waals surface area contributed by atoms with Crippen molar-refractivity contribution in [2.75, 3.05) is 5.32 Å². The van der Waals surface area contributed by atoms with Crippen molar-refractivity contribution in [2.24, 2.45) is 4.99 Å². The number of nitrogens with zero attached hydrogens (tertiary/aromatic N) is 1. The maximum Gasteiger partial charge on any atom is 0.418 e. The summed E-state index contributed by atoms with van der Waals surface area (Å²) in [4.78, 5) is 28.6. The third-order valence-corrected chi connectivity index (χ3v) is 5.69. The number of fused-ring (bicyclic) bond motifs is 1. The van der Waals surface area contributed by atoms with E-state index in [1.165, 1.54) is 18.2 Å². The Morgan fingerprint density at radius 2 is 1.74 bits per heavy atom. The molecular formula is C22H16F3N3O2S. The highest BCUT2D eigenvalue weighted by atomic mass is 32.2. The zero-order chi connectivity index (χ0) is 22.0. The summed E-state index contributed by atoms with van der Waals surface area (Å²) in [7, 11) is 0. The largest absolute Gasteiger partial charge is 0.418 e. The molecule has 0 unspecified atom stereocenters. The Morgan fingerprint density at radius 3 is 2.52 bits per heavy atom. The van der Waals surface area contributed by atoms with Gasteiger partial charge in [-0.15, -0.1) is 0 Å². The van der Waals surface area contributed by atoms with Crippen LogP contribution in [0.3, 0.4) is 0 Å². The first kappa shape index (κ1) is 20.9. The van der Waals surface area contributed by atoms with Gasteiger partial charge < -0.3 is 10.6 Å². The van der Waals surface area contributed by atoms with Crippen LogP contribution in [-0.4, -0.2) is 22.2 Å². The lowest BCUT2D eigenvalue weighted by molar-refractivity contribution is -0.137. The monoisotopic (exact) mass is 443 g/mol. The summed E-state index contributed by atoms with van der Waals surface area (Å²) >= 11 is 0.936. The van der Waals surface area contributed by atoms with Crippen LogP contribution in [0.1, 0.15) is 12.0 Å². The Labute approximate surface area is 179 Å². The van der Waals surface area contributed by atoms with Crippen molar-refractivity contribution in [3.8, 4) is 0 Å². The van der Waals surface area contributed by atoms with Crippen molar-refractivity contribution >= 4 is 50.9 Å². The van der Waals surface area contributed by atoms with Crippen molar-refractivity contribution in [2.45, 2.75) is 17.8 Å². The van der Waals surface area contributed by atoms with Crippen molar-refractivity contribution < 1.29 is 22.8 Å². The van der Waals surface area contributed by atoms with Gasteiger partial charge in [0.05, 0.1) is 11.3 Å². The molecule has 1 heterocycles. The van der Waals surface area contributed by atoms with Gasteiger partial charge in [0.15, 0.2) is 5.17 Å². The standard InChI is InChI=1S/C22H16F3N3O2S/c23-22(24,25)16-7-3-4-8-17(16)27-21-28-20(30)18(31-21)12-19(29)26-15-10-9-13-5-1-2-6-14(13)11-15/h1-11,18H,12H2,(H,26,29)(H,27,28,30)/t18-/m0/s1. The maximum atomic E-state index is 13.1. The Hall–Kier alpha value is -3.33. The number of halogens is 3. The fourth-order valence-electron chi connectivity index (χ4n) is 3.16. The molecule has 0 aliphatic carbocycles. The number of thioether (sulfide) groups is 1. The number of rotatable bonds is 4. The summed E-state index contributed by atoms with van der Waals surface area (Å²) in [5.41, 5.74) is -0.589. The Morgan fingerprint density at radius 1 is 1.03 bits per heavy atom. The molecule has 2 N–H and O–H groups in total. The molecule has 3 aromatic carbocycles. The molecule has 1 aliphatic rings. The SMILES string of the molecule is O=C(C[C@@H]1SC(=Nc2ccccc2C(F)(F)F)NC1=O)Nc1ccc2ccccc2c1. The fourth-order valence-corrected chi connectivity index (χ4v) is 4.14. The molecule has 1 aliphatic heterocycles. The highest BCUT2D eigenvalue weighted by molar-refractivity contribution is 8.15. The minimum absolute atomic E-state index is 0.0326. The van der Waals surface area contributed by atoms with E-state index in [-0.39, 0.29) is 23.2 Å². The van der Waals surface area contributed by atoms with E-state index >= 15 is 0 Å². The van der Waals surface area contributed by atoms with Gasteiger partial charge in [-0.3, -0.25) is 9.59 Å². The second-order valence-corrected chi connectivity index (χ2v) is 8.03. The molecule has 0 bridgehead atoms. The second-order valence-electron chi connectivity index (χ2n) is 6.84. The van der Waals surface area contributed by atoms with Gasteiger partial charge in [-0.25, -0.2) is 4.99 Å². The molecule has 31 heavy (non-hydrogen) atoms. The number of amidine groups is 1. The smallest absolute Gasteiger partial charge is 0.326 e. The second kappa shape index (κ2) is 8.43. The first-order chi connectivity index (χ1) is 14.8. The topological polar surface area (TPSA) is 70.6 Å². The van der Waals surface area contributed by atoms with Crippen molar-refractivity contribution in [3.63, 3.8) is 0 Å². The predicted octanol–water partition coefficient (Wildman–Crippen LogP) is 5.11. The summed E-state index contributed by atoms with van der Waals surface area (Å²) in [6.45, 7) is 0.